The second-order valence-corrected chi connectivity index (χ2v) is 13.5. The minimum Gasteiger partial charge on any atom is -0.362 e. The number of allylic oxidation sites excluding steroid dienone is 4. The van der Waals surface area contributed by atoms with Crippen molar-refractivity contribution in [3.05, 3.63) is 92.4 Å². The van der Waals surface area contributed by atoms with E-state index in [0.717, 1.165) is 57.4 Å². The summed E-state index contributed by atoms with van der Waals surface area (Å²) >= 11 is 12.7. The molecular weight excluding hydrogens is 515 g/mol. The molecule has 0 saturated carbocycles. The van der Waals surface area contributed by atoms with E-state index in [9.17, 15) is 9.59 Å². The Morgan fingerprint density at radius 3 is 2.08 bits per heavy atom. The number of carbonyl (C=O) groups excluding carboxylic acids is 2. The molecular formula is C32H32Cl2N2O2. The van der Waals surface area contributed by atoms with Gasteiger partial charge in [-0.05, 0) is 53.0 Å². The minimum absolute atomic E-state index is 0.126. The van der Waals surface area contributed by atoms with Crippen LogP contribution in [0, 0.1) is 10.8 Å². The van der Waals surface area contributed by atoms with Crippen LogP contribution in [0.4, 0.5) is 0 Å². The molecule has 3 aliphatic rings. The van der Waals surface area contributed by atoms with Crippen LogP contribution in [0.1, 0.15) is 70.4 Å². The number of benzene rings is 2. The van der Waals surface area contributed by atoms with Crippen LogP contribution in [0.2, 0.25) is 10.0 Å². The lowest BCUT2D eigenvalue weighted by atomic mass is 9.64. The molecule has 2 heterocycles. The van der Waals surface area contributed by atoms with Gasteiger partial charge in [0, 0.05) is 75.0 Å². The summed E-state index contributed by atoms with van der Waals surface area (Å²) in [5.74, 6) is -0.105. The molecule has 2 aromatic carbocycles. The first kappa shape index (κ1) is 25.5. The normalized spacial score (nSPS) is 21.0. The van der Waals surface area contributed by atoms with Gasteiger partial charge in [-0.25, -0.2) is 0 Å². The van der Waals surface area contributed by atoms with Gasteiger partial charge in [0.05, 0.1) is 0 Å². The maximum Gasteiger partial charge on any atom is 0.162 e. The van der Waals surface area contributed by atoms with Crippen molar-refractivity contribution >= 4 is 45.7 Å². The quantitative estimate of drug-likeness (QED) is 0.362. The lowest BCUT2D eigenvalue weighted by Crippen LogP contribution is -2.42. The third-order valence-corrected chi connectivity index (χ3v) is 8.79. The fourth-order valence-corrected chi connectivity index (χ4v) is 7.14. The van der Waals surface area contributed by atoms with E-state index < -0.39 is 0 Å². The Kier molecular flexibility index (Phi) is 5.93. The van der Waals surface area contributed by atoms with Gasteiger partial charge in [-0.2, -0.15) is 0 Å². The maximum atomic E-state index is 13.8. The summed E-state index contributed by atoms with van der Waals surface area (Å²) < 4.78 is 2.18. The molecule has 6 heteroatoms. The van der Waals surface area contributed by atoms with Gasteiger partial charge in [-0.1, -0.05) is 75.2 Å². The Morgan fingerprint density at radius 2 is 1.47 bits per heavy atom. The molecule has 0 spiro atoms. The molecule has 0 atom stereocenters. The monoisotopic (exact) mass is 546 g/mol. The van der Waals surface area contributed by atoms with E-state index in [1.807, 2.05) is 24.3 Å². The number of nitrogens with one attached hydrogen (secondary N) is 1. The SMILES string of the molecule is CC1(C)CC(=O)C2=C(C1)NC1=C(C(=O)CC(C)(C)C1)C2c1cn(Cc2ccc(Cl)cc2Cl)c2ccccc12. The van der Waals surface area contributed by atoms with Gasteiger partial charge in [-0.3, -0.25) is 9.59 Å². The van der Waals surface area contributed by atoms with Crippen molar-refractivity contribution in [1.82, 2.24) is 9.88 Å². The number of para-hydroxylation sites is 1. The number of aromatic nitrogens is 1. The zero-order valence-corrected chi connectivity index (χ0v) is 23.8. The Hall–Kier alpha value is -2.82. The second-order valence-electron chi connectivity index (χ2n) is 12.7. The van der Waals surface area contributed by atoms with Gasteiger partial charge >= 0.3 is 0 Å². The van der Waals surface area contributed by atoms with E-state index in [-0.39, 0.29) is 28.3 Å². The molecule has 38 heavy (non-hydrogen) atoms. The van der Waals surface area contributed by atoms with E-state index in [1.165, 1.54) is 0 Å². The number of hydrogen-bond acceptors (Lipinski definition) is 3. The molecule has 2 aliphatic carbocycles. The smallest absolute Gasteiger partial charge is 0.162 e. The predicted molar refractivity (Wildman–Crippen MR) is 153 cm³/mol. The average molecular weight is 548 g/mol. The molecule has 0 bridgehead atoms. The van der Waals surface area contributed by atoms with Gasteiger partial charge in [-0.15, -0.1) is 0 Å². The molecule has 0 amide bonds. The van der Waals surface area contributed by atoms with Crippen LogP contribution in [0.15, 0.2) is 71.2 Å². The summed E-state index contributed by atoms with van der Waals surface area (Å²) in [6.07, 6.45) is 4.65. The summed E-state index contributed by atoms with van der Waals surface area (Å²) in [4.78, 5) is 27.6. The number of halogens is 2. The summed E-state index contributed by atoms with van der Waals surface area (Å²) in [7, 11) is 0. The Balaban J connectivity index is 1.56. The summed E-state index contributed by atoms with van der Waals surface area (Å²) in [5.41, 5.74) is 6.26. The van der Waals surface area contributed by atoms with Crippen molar-refractivity contribution in [2.75, 3.05) is 0 Å². The number of ketones is 2. The zero-order chi connectivity index (χ0) is 27.0. The average Bonchev–Trinajstić information content (AvgIpc) is 3.16. The predicted octanol–water partition coefficient (Wildman–Crippen LogP) is 7.97. The number of rotatable bonds is 3. The molecule has 1 N–H and O–H groups in total. The second kappa shape index (κ2) is 8.86. The first-order valence-corrected chi connectivity index (χ1v) is 14.0. The summed E-state index contributed by atoms with van der Waals surface area (Å²) in [5, 5.41) is 5.89. The van der Waals surface area contributed by atoms with Crippen LogP contribution in [-0.4, -0.2) is 16.1 Å². The first-order chi connectivity index (χ1) is 17.9. The standard InChI is InChI=1S/C32H32Cl2N2O2/c1-31(2)12-23-29(26(37)14-31)28(30-24(35-23)13-32(3,4)15-27(30)38)21-17-36(25-8-6-5-7-20(21)25)16-18-9-10-19(33)11-22(18)34/h5-11,17,28,35H,12-16H2,1-4H3. The van der Waals surface area contributed by atoms with E-state index >= 15 is 0 Å². The van der Waals surface area contributed by atoms with Crippen molar-refractivity contribution < 1.29 is 9.59 Å². The molecule has 0 saturated heterocycles. The maximum absolute atomic E-state index is 13.8. The lowest BCUT2D eigenvalue weighted by Gasteiger charge is -2.43. The first-order valence-electron chi connectivity index (χ1n) is 13.2. The largest absolute Gasteiger partial charge is 0.362 e. The van der Waals surface area contributed by atoms with Gasteiger partial charge in [0.25, 0.3) is 0 Å². The van der Waals surface area contributed by atoms with Crippen LogP contribution in [-0.2, 0) is 16.1 Å². The number of Topliss-reactive ketones (excluding diaryl/α,β-unsaturated/α-hetero) is 2. The van der Waals surface area contributed by atoms with Crippen LogP contribution in [0.5, 0.6) is 0 Å². The highest BCUT2D eigenvalue weighted by Crippen LogP contribution is 2.52. The Morgan fingerprint density at radius 1 is 0.868 bits per heavy atom. The molecule has 1 aromatic heterocycles. The van der Waals surface area contributed by atoms with Gasteiger partial charge < -0.3 is 9.88 Å². The van der Waals surface area contributed by atoms with E-state index in [2.05, 4.69) is 55.9 Å². The minimum atomic E-state index is -0.375. The van der Waals surface area contributed by atoms with Crippen LogP contribution >= 0.6 is 23.2 Å². The van der Waals surface area contributed by atoms with Gasteiger partial charge in [0.2, 0.25) is 0 Å². The topological polar surface area (TPSA) is 51.1 Å². The number of hydrogen-bond donors (Lipinski definition) is 1. The Labute approximate surface area is 233 Å². The van der Waals surface area contributed by atoms with E-state index in [1.54, 1.807) is 6.07 Å². The number of carbonyl (C=O) groups is 2. The summed E-state index contributed by atoms with van der Waals surface area (Å²) in [6, 6.07) is 13.8. The third kappa shape index (κ3) is 4.32. The van der Waals surface area contributed by atoms with Crippen molar-refractivity contribution in [1.29, 1.82) is 0 Å². The third-order valence-electron chi connectivity index (χ3n) is 8.21. The summed E-state index contributed by atoms with van der Waals surface area (Å²) in [6.45, 7) is 9.14. The number of nitrogens with zero attached hydrogens (tertiary/aromatic N) is 1. The van der Waals surface area contributed by atoms with E-state index in [0.29, 0.717) is 29.4 Å². The van der Waals surface area contributed by atoms with Crippen molar-refractivity contribution in [3.8, 4) is 0 Å². The lowest BCUT2D eigenvalue weighted by molar-refractivity contribution is -0.119. The van der Waals surface area contributed by atoms with Crippen molar-refractivity contribution in [2.24, 2.45) is 10.8 Å². The van der Waals surface area contributed by atoms with Crippen LogP contribution in [0.25, 0.3) is 10.9 Å². The zero-order valence-electron chi connectivity index (χ0n) is 22.3. The van der Waals surface area contributed by atoms with Crippen molar-refractivity contribution in [2.45, 2.75) is 65.8 Å². The molecule has 6 rings (SSSR count). The molecule has 3 aromatic rings. The molecule has 0 unspecified atom stereocenters. The van der Waals surface area contributed by atoms with Crippen LogP contribution in [0.3, 0.4) is 0 Å². The fraction of sp³-hybridized carbons (Fsp3) is 0.375. The van der Waals surface area contributed by atoms with E-state index in [4.69, 9.17) is 23.2 Å². The highest BCUT2D eigenvalue weighted by molar-refractivity contribution is 6.35. The molecule has 1 aliphatic heterocycles. The highest BCUT2D eigenvalue weighted by atomic mass is 35.5. The molecule has 196 valence electrons. The van der Waals surface area contributed by atoms with Crippen molar-refractivity contribution in [3.63, 3.8) is 0 Å². The molecule has 0 radical (unpaired) electrons. The molecule has 0 fully saturated rings. The number of dihydropyridines is 1. The van der Waals surface area contributed by atoms with Gasteiger partial charge in [0.15, 0.2) is 11.6 Å². The van der Waals surface area contributed by atoms with Crippen LogP contribution < -0.4 is 5.32 Å². The fourth-order valence-electron chi connectivity index (χ4n) is 6.67. The Bertz CT molecular complexity index is 1540. The molecule has 4 nitrogen and oxygen atoms in total. The van der Waals surface area contributed by atoms with Gasteiger partial charge in [0.1, 0.15) is 0 Å². The highest BCUT2D eigenvalue weighted by Gasteiger charge is 2.47. The number of fused-ring (bicyclic) bond motifs is 1.